The summed E-state index contributed by atoms with van der Waals surface area (Å²) in [6, 6.07) is 40.1. The van der Waals surface area contributed by atoms with Crippen LogP contribution in [-0.2, 0) is 22.6 Å². The quantitative estimate of drug-likeness (QED) is 0.0905. The molecule has 0 radical (unpaired) electrons. The van der Waals surface area contributed by atoms with Crippen molar-refractivity contribution in [2.75, 3.05) is 43.3 Å². The van der Waals surface area contributed by atoms with Crippen LogP contribution in [0, 0.1) is 0 Å². The first-order chi connectivity index (χ1) is 24.3. The molecule has 5 aromatic carbocycles. The van der Waals surface area contributed by atoms with Gasteiger partial charge in [0.15, 0.2) is 0 Å². The summed E-state index contributed by atoms with van der Waals surface area (Å²) < 4.78 is 15.7. The molecule has 5 rings (SSSR count). The molecule has 50 heavy (non-hydrogen) atoms. The Labute approximate surface area is 292 Å². The van der Waals surface area contributed by atoms with Crippen molar-refractivity contribution in [2.24, 2.45) is 0 Å². The van der Waals surface area contributed by atoms with Crippen molar-refractivity contribution in [3.8, 4) is 5.75 Å². The van der Waals surface area contributed by atoms with Gasteiger partial charge in [0.05, 0.1) is 32.6 Å². The van der Waals surface area contributed by atoms with Gasteiger partial charge < -0.3 is 30.4 Å². The number of hydrogen-bond acceptors (Lipinski definition) is 8. The number of carbonyl (C=O) groups excluding carboxylic acids is 2. The Bertz CT molecular complexity index is 1820. The fraction of sp³-hybridized carbons (Fsp3) is 0.200. The van der Waals surface area contributed by atoms with E-state index in [1.165, 1.54) is 14.2 Å². The number of aliphatic hydroxyl groups excluding tert-OH is 1. The zero-order valence-electron chi connectivity index (χ0n) is 28.1. The van der Waals surface area contributed by atoms with Crippen molar-refractivity contribution in [2.45, 2.75) is 25.2 Å². The first-order valence-electron chi connectivity index (χ1n) is 16.2. The number of nitrogen functional groups attached to an aromatic ring is 1. The topological polar surface area (TPSA) is 135 Å². The van der Waals surface area contributed by atoms with E-state index in [0.717, 1.165) is 22.3 Å². The van der Waals surface area contributed by atoms with Crippen LogP contribution in [-0.4, -0.2) is 44.6 Å². The zero-order chi connectivity index (χ0) is 35.3. The van der Waals surface area contributed by atoms with E-state index in [-0.39, 0.29) is 12.5 Å². The summed E-state index contributed by atoms with van der Waals surface area (Å²) >= 11 is 0. The molecule has 0 saturated heterocycles. The fourth-order valence-corrected chi connectivity index (χ4v) is 5.54. The highest BCUT2D eigenvalue weighted by atomic mass is 16.5. The summed E-state index contributed by atoms with van der Waals surface area (Å²) in [5.41, 5.74) is 12.7. The van der Waals surface area contributed by atoms with Crippen molar-refractivity contribution < 1.29 is 28.9 Å². The third-order valence-electron chi connectivity index (χ3n) is 8.27. The lowest BCUT2D eigenvalue weighted by Crippen LogP contribution is -2.30. The number of aliphatic hydroxyl groups is 1. The summed E-state index contributed by atoms with van der Waals surface area (Å²) in [5.74, 6) is 0.420. The lowest BCUT2D eigenvalue weighted by molar-refractivity contribution is 0.174. The first-order valence-corrected chi connectivity index (χ1v) is 16.2. The molecule has 1 unspecified atom stereocenters. The van der Waals surface area contributed by atoms with Gasteiger partial charge in [0.1, 0.15) is 12.4 Å². The van der Waals surface area contributed by atoms with E-state index in [9.17, 15) is 14.7 Å². The molecule has 0 aliphatic rings. The van der Waals surface area contributed by atoms with Gasteiger partial charge in [0.25, 0.3) is 0 Å². The van der Waals surface area contributed by atoms with Crippen LogP contribution < -0.4 is 26.0 Å². The largest absolute Gasteiger partial charge is 0.487 e. The number of anilines is 3. The Morgan fingerprint density at radius 2 is 1.34 bits per heavy atom. The number of carbonyl (C=O) groups is 2. The minimum Gasteiger partial charge on any atom is -0.487 e. The predicted octanol–water partition coefficient (Wildman–Crippen LogP) is 7.25. The molecule has 0 aromatic heterocycles. The Morgan fingerprint density at radius 1 is 0.740 bits per heavy atom. The number of methoxy groups -OCH3 is 2. The molecular formula is C40H42N4O6. The van der Waals surface area contributed by atoms with E-state index in [0.29, 0.717) is 48.1 Å². The SMILES string of the molecule is COC(=O)Nc1ccc(C(CNC[C@H](O)c2ccc(OCc3ccccc3)c(N)c2)c2ccc(N(Cc3ccccc3)C(=O)OC)cc2)cc1. The second kappa shape index (κ2) is 17.5. The highest BCUT2D eigenvalue weighted by Gasteiger charge is 2.20. The van der Waals surface area contributed by atoms with Crippen molar-refractivity contribution >= 4 is 29.2 Å². The predicted molar refractivity (Wildman–Crippen MR) is 195 cm³/mol. The Kier molecular flexibility index (Phi) is 12.4. The van der Waals surface area contributed by atoms with E-state index in [1.807, 2.05) is 115 Å². The van der Waals surface area contributed by atoms with Gasteiger partial charge in [-0.05, 0) is 64.2 Å². The van der Waals surface area contributed by atoms with E-state index in [1.54, 1.807) is 17.0 Å². The smallest absolute Gasteiger partial charge is 0.414 e. The summed E-state index contributed by atoms with van der Waals surface area (Å²) in [6.07, 6.45) is -1.83. The summed E-state index contributed by atoms with van der Waals surface area (Å²) in [5, 5.41) is 17.2. The molecule has 10 heteroatoms. The molecule has 0 aliphatic heterocycles. The van der Waals surface area contributed by atoms with Gasteiger partial charge in [-0.25, -0.2) is 9.59 Å². The minimum absolute atomic E-state index is 0.136. The lowest BCUT2D eigenvalue weighted by atomic mass is 9.90. The van der Waals surface area contributed by atoms with E-state index < -0.39 is 18.3 Å². The van der Waals surface area contributed by atoms with Crippen LogP contribution in [0.3, 0.4) is 0 Å². The van der Waals surface area contributed by atoms with Gasteiger partial charge in [-0.3, -0.25) is 10.2 Å². The molecule has 5 aromatic rings. The van der Waals surface area contributed by atoms with Crippen LogP contribution in [0.4, 0.5) is 26.7 Å². The van der Waals surface area contributed by atoms with E-state index in [4.69, 9.17) is 19.9 Å². The number of amides is 2. The van der Waals surface area contributed by atoms with Crippen LogP contribution in [0.5, 0.6) is 5.75 Å². The van der Waals surface area contributed by atoms with Crippen LogP contribution in [0.15, 0.2) is 127 Å². The third kappa shape index (κ3) is 9.62. The van der Waals surface area contributed by atoms with Gasteiger partial charge in [0, 0.05) is 30.4 Å². The van der Waals surface area contributed by atoms with Crippen molar-refractivity contribution in [1.29, 1.82) is 0 Å². The molecular weight excluding hydrogens is 632 g/mol. The fourth-order valence-electron chi connectivity index (χ4n) is 5.54. The molecule has 5 N–H and O–H groups in total. The molecule has 0 bridgehead atoms. The second-order valence-electron chi connectivity index (χ2n) is 11.7. The summed E-state index contributed by atoms with van der Waals surface area (Å²) in [7, 11) is 2.68. The van der Waals surface area contributed by atoms with Crippen LogP contribution in [0.2, 0.25) is 0 Å². The molecule has 2 amide bonds. The van der Waals surface area contributed by atoms with E-state index >= 15 is 0 Å². The minimum atomic E-state index is -0.818. The highest BCUT2D eigenvalue weighted by Crippen LogP contribution is 2.30. The number of nitrogens with one attached hydrogen (secondary N) is 2. The third-order valence-corrected chi connectivity index (χ3v) is 8.27. The number of rotatable bonds is 14. The number of nitrogens with two attached hydrogens (primary N) is 1. The van der Waals surface area contributed by atoms with Gasteiger partial charge in [-0.1, -0.05) is 91.0 Å². The Morgan fingerprint density at radius 3 is 1.94 bits per heavy atom. The molecule has 0 heterocycles. The lowest BCUT2D eigenvalue weighted by Gasteiger charge is -2.24. The van der Waals surface area contributed by atoms with Crippen molar-refractivity contribution in [3.63, 3.8) is 0 Å². The molecule has 0 aliphatic carbocycles. The molecule has 0 saturated carbocycles. The summed E-state index contributed by atoms with van der Waals surface area (Å²) in [4.78, 5) is 26.1. The van der Waals surface area contributed by atoms with Crippen LogP contribution in [0.1, 0.15) is 39.8 Å². The van der Waals surface area contributed by atoms with Crippen molar-refractivity contribution in [3.05, 3.63) is 155 Å². The van der Waals surface area contributed by atoms with Gasteiger partial charge in [0.2, 0.25) is 0 Å². The number of nitrogens with zero attached hydrogens (tertiary/aromatic N) is 1. The standard InChI is InChI=1S/C40H42N4O6/c1-48-39(46)43-33-18-13-30(14-19-33)35(31-15-20-34(21-16-31)44(40(47)49-2)26-28-9-5-3-6-10-28)24-42-25-37(45)32-17-22-38(36(41)23-32)50-27-29-11-7-4-8-12-29/h3-23,35,37,42,45H,24-27,41H2,1-2H3,(H,43,46)/t35?,37-/m0/s1. The van der Waals surface area contributed by atoms with Gasteiger partial charge >= 0.3 is 12.2 Å². The average Bonchev–Trinajstić information content (AvgIpc) is 3.16. The number of benzene rings is 5. The first kappa shape index (κ1) is 35.5. The zero-order valence-corrected chi connectivity index (χ0v) is 28.1. The normalized spacial score (nSPS) is 12.0. The maximum Gasteiger partial charge on any atom is 0.414 e. The monoisotopic (exact) mass is 674 g/mol. The molecule has 2 atom stereocenters. The second-order valence-corrected chi connectivity index (χ2v) is 11.7. The molecule has 0 fully saturated rings. The molecule has 0 spiro atoms. The Balaban J connectivity index is 1.30. The van der Waals surface area contributed by atoms with Crippen LogP contribution in [0.25, 0.3) is 0 Å². The van der Waals surface area contributed by atoms with Gasteiger partial charge in [-0.2, -0.15) is 0 Å². The molecule has 258 valence electrons. The van der Waals surface area contributed by atoms with Crippen molar-refractivity contribution in [1.82, 2.24) is 5.32 Å². The Hall–Kier alpha value is -5.84. The van der Waals surface area contributed by atoms with E-state index in [2.05, 4.69) is 10.6 Å². The maximum atomic E-state index is 12.8. The molecule has 10 nitrogen and oxygen atoms in total. The van der Waals surface area contributed by atoms with Crippen LogP contribution >= 0.6 is 0 Å². The number of ether oxygens (including phenoxy) is 3. The number of hydrogen-bond donors (Lipinski definition) is 4. The maximum absolute atomic E-state index is 12.8. The average molecular weight is 675 g/mol. The summed E-state index contributed by atoms with van der Waals surface area (Å²) in [6.45, 7) is 1.51. The highest BCUT2D eigenvalue weighted by molar-refractivity contribution is 5.87. The van der Waals surface area contributed by atoms with Gasteiger partial charge in [-0.15, -0.1) is 0 Å².